The molecule has 0 aromatic heterocycles. The van der Waals surface area contributed by atoms with Gasteiger partial charge >= 0.3 is 0 Å². The minimum absolute atomic E-state index is 0.205. The molecule has 1 rings (SSSR count). The highest BCUT2D eigenvalue weighted by atomic mass is 32.2. The van der Waals surface area contributed by atoms with E-state index in [1.807, 2.05) is 13.2 Å². The molecule has 106 valence electrons. The molecule has 0 saturated carbocycles. The second-order valence-electron chi connectivity index (χ2n) is 3.84. The van der Waals surface area contributed by atoms with Crippen LogP contribution in [0.15, 0.2) is 31.7 Å². The molecule has 0 amide bonds. The first kappa shape index (κ1) is 15.2. The van der Waals surface area contributed by atoms with E-state index in [9.17, 15) is 10.1 Å². The maximum atomic E-state index is 10.8. The molecule has 0 aromatic rings. The second kappa shape index (κ2) is 6.92. The zero-order valence-electron chi connectivity index (χ0n) is 10.9. The molecule has 2 unspecified atom stereocenters. The summed E-state index contributed by atoms with van der Waals surface area (Å²) in [5, 5.41) is 30.2. The summed E-state index contributed by atoms with van der Waals surface area (Å²) in [4.78, 5) is 10.4. The van der Waals surface area contributed by atoms with E-state index in [0.29, 0.717) is 17.7 Å². The monoisotopic (exact) mass is 288 g/mol. The van der Waals surface area contributed by atoms with Crippen molar-refractivity contribution in [2.75, 3.05) is 12.8 Å². The number of hydrogen-bond acceptors (Lipinski definition) is 8. The normalized spacial score (nSPS) is 21.4. The number of oxime groups is 1. The highest BCUT2D eigenvalue weighted by Gasteiger charge is 2.20. The summed E-state index contributed by atoms with van der Waals surface area (Å²) in [7, 11) is -0.499. The fourth-order valence-electron chi connectivity index (χ4n) is 1.45. The molecule has 9 nitrogen and oxygen atoms in total. The van der Waals surface area contributed by atoms with Gasteiger partial charge < -0.3 is 5.21 Å². The summed E-state index contributed by atoms with van der Waals surface area (Å²) < 4.78 is 5.37. The van der Waals surface area contributed by atoms with E-state index in [-0.39, 0.29) is 11.5 Å². The number of nitrogens with zero attached hydrogens (tertiary/aromatic N) is 6. The molecular formula is C9H16N6O3S. The van der Waals surface area contributed by atoms with Crippen LogP contribution < -0.4 is 0 Å². The van der Waals surface area contributed by atoms with Crippen LogP contribution in [0.1, 0.15) is 20.3 Å². The molecule has 0 aliphatic carbocycles. The Bertz CT molecular complexity index is 473. The van der Waals surface area contributed by atoms with Crippen LogP contribution in [-0.2, 0) is 10.9 Å². The smallest absolute Gasteiger partial charge is 0.231 e. The lowest BCUT2D eigenvalue weighted by atomic mass is 10.0. The van der Waals surface area contributed by atoms with E-state index in [1.165, 1.54) is 13.0 Å². The summed E-state index contributed by atoms with van der Waals surface area (Å²) in [6.07, 6.45) is 3.85. The molecule has 0 aromatic carbocycles. The molecule has 10 heteroatoms. The highest BCUT2D eigenvalue weighted by Crippen LogP contribution is 2.12. The summed E-state index contributed by atoms with van der Waals surface area (Å²) >= 11 is 0. The summed E-state index contributed by atoms with van der Waals surface area (Å²) in [5.74, 6) is 0. The Labute approximate surface area is 113 Å². The molecule has 19 heavy (non-hydrogen) atoms. The standard InChI is InChI=1S/C9H16N6O3S/c1-4-8(7(2)15(17)18)5-9(10-16)6-14-12-11-13-19(14)3/h5,7,16H,4,6H2,1-3H3. The van der Waals surface area contributed by atoms with Crippen molar-refractivity contribution in [3.63, 3.8) is 0 Å². The maximum Gasteiger partial charge on any atom is 0.231 e. The van der Waals surface area contributed by atoms with Crippen molar-refractivity contribution in [2.24, 2.45) is 20.1 Å². The summed E-state index contributed by atoms with van der Waals surface area (Å²) in [6, 6.07) is -0.813. The molecule has 0 saturated heterocycles. The minimum atomic E-state index is -0.813. The second-order valence-corrected chi connectivity index (χ2v) is 5.32. The Morgan fingerprint density at radius 3 is 2.79 bits per heavy atom. The predicted octanol–water partition coefficient (Wildman–Crippen LogP) is 1.76. The Kier molecular flexibility index (Phi) is 5.55. The third-order valence-electron chi connectivity index (χ3n) is 2.64. The van der Waals surface area contributed by atoms with Gasteiger partial charge in [-0.1, -0.05) is 16.6 Å². The van der Waals surface area contributed by atoms with Crippen LogP contribution >= 0.6 is 0 Å². The van der Waals surface area contributed by atoms with Gasteiger partial charge in [0.1, 0.15) is 5.71 Å². The number of hydrogen-bond donors (Lipinski definition) is 1. The van der Waals surface area contributed by atoms with E-state index in [1.54, 1.807) is 4.41 Å². The lowest BCUT2D eigenvalue weighted by molar-refractivity contribution is -0.507. The van der Waals surface area contributed by atoms with Gasteiger partial charge in [0.05, 0.1) is 6.54 Å². The van der Waals surface area contributed by atoms with Gasteiger partial charge in [-0.25, -0.2) is 4.41 Å². The Morgan fingerprint density at radius 2 is 2.37 bits per heavy atom. The number of rotatable bonds is 6. The van der Waals surface area contributed by atoms with Gasteiger partial charge in [-0.05, 0) is 22.9 Å². The van der Waals surface area contributed by atoms with Gasteiger partial charge in [0, 0.05) is 34.6 Å². The molecule has 1 N–H and O–H groups in total. The molecule has 0 spiro atoms. The lowest BCUT2D eigenvalue weighted by Gasteiger charge is -2.13. The zero-order chi connectivity index (χ0) is 14.4. The maximum absolute atomic E-state index is 10.8. The molecule has 0 bridgehead atoms. The summed E-state index contributed by atoms with van der Waals surface area (Å²) in [6.45, 7) is 3.52. The van der Waals surface area contributed by atoms with Gasteiger partial charge in [0.2, 0.25) is 6.04 Å². The van der Waals surface area contributed by atoms with Gasteiger partial charge in [-0.2, -0.15) is 0 Å². The fraction of sp³-hybridized carbons (Fsp3) is 0.667. The molecule has 1 aliphatic heterocycles. The van der Waals surface area contributed by atoms with Gasteiger partial charge in [0.25, 0.3) is 0 Å². The van der Waals surface area contributed by atoms with Crippen molar-refractivity contribution in [2.45, 2.75) is 26.3 Å². The van der Waals surface area contributed by atoms with E-state index in [4.69, 9.17) is 5.21 Å². The Morgan fingerprint density at radius 1 is 1.68 bits per heavy atom. The first-order chi connectivity index (χ1) is 8.99. The van der Waals surface area contributed by atoms with E-state index < -0.39 is 16.9 Å². The van der Waals surface area contributed by atoms with Crippen molar-refractivity contribution in [3.05, 3.63) is 21.8 Å². The summed E-state index contributed by atoms with van der Waals surface area (Å²) in [5.41, 5.74) is 0.878. The minimum Gasteiger partial charge on any atom is -0.411 e. The van der Waals surface area contributed by atoms with Crippen LogP contribution in [0.3, 0.4) is 0 Å². The quantitative estimate of drug-likeness (QED) is 0.347. The molecular weight excluding hydrogens is 272 g/mol. The first-order valence-corrected chi connectivity index (χ1v) is 7.14. The average molecular weight is 288 g/mol. The van der Waals surface area contributed by atoms with Crippen LogP contribution in [-0.4, -0.2) is 39.1 Å². The van der Waals surface area contributed by atoms with E-state index in [0.717, 1.165) is 0 Å². The van der Waals surface area contributed by atoms with Crippen LogP contribution in [0.25, 0.3) is 0 Å². The van der Waals surface area contributed by atoms with Crippen LogP contribution in [0, 0.1) is 10.1 Å². The average Bonchev–Trinajstić information content (AvgIpc) is 2.79. The topological polar surface area (TPSA) is 116 Å². The van der Waals surface area contributed by atoms with Crippen LogP contribution in [0.5, 0.6) is 0 Å². The van der Waals surface area contributed by atoms with E-state index in [2.05, 4.69) is 20.1 Å². The Hall–Kier alpha value is -1.84. The third kappa shape index (κ3) is 4.09. The van der Waals surface area contributed by atoms with Crippen molar-refractivity contribution >= 4 is 16.6 Å². The van der Waals surface area contributed by atoms with Crippen LogP contribution in [0.4, 0.5) is 0 Å². The highest BCUT2D eigenvalue weighted by molar-refractivity contribution is 7.84. The van der Waals surface area contributed by atoms with Crippen LogP contribution in [0.2, 0.25) is 0 Å². The van der Waals surface area contributed by atoms with Gasteiger partial charge in [-0.3, -0.25) is 10.1 Å². The van der Waals surface area contributed by atoms with Gasteiger partial charge in [0.15, 0.2) is 0 Å². The van der Waals surface area contributed by atoms with Crippen molar-refractivity contribution in [3.8, 4) is 0 Å². The van der Waals surface area contributed by atoms with Crippen molar-refractivity contribution in [1.29, 1.82) is 0 Å². The van der Waals surface area contributed by atoms with Crippen molar-refractivity contribution in [1.82, 2.24) is 4.41 Å². The number of nitro groups is 1. The lowest BCUT2D eigenvalue weighted by Crippen LogP contribution is -2.25. The SMILES string of the molecule is CCC(=CC(CN1N=NN=S1C)=NO)C(C)[N+](=O)[O-]. The predicted molar refractivity (Wildman–Crippen MR) is 71.3 cm³/mol. The van der Waals surface area contributed by atoms with Gasteiger partial charge in [-0.15, -0.1) is 0 Å². The fourth-order valence-corrected chi connectivity index (χ4v) is 2.13. The Balaban J connectivity index is 2.83. The molecule has 0 radical (unpaired) electrons. The van der Waals surface area contributed by atoms with E-state index >= 15 is 0 Å². The molecule has 1 heterocycles. The van der Waals surface area contributed by atoms with Crippen molar-refractivity contribution < 1.29 is 10.1 Å². The largest absolute Gasteiger partial charge is 0.411 e. The molecule has 1 aliphatic rings. The third-order valence-corrected chi connectivity index (χ3v) is 3.76. The molecule has 0 fully saturated rings. The molecule has 2 atom stereocenters. The first-order valence-electron chi connectivity index (χ1n) is 5.59. The zero-order valence-corrected chi connectivity index (χ0v) is 11.7.